The van der Waals surface area contributed by atoms with E-state index in [1.165, 1.54) is 19.5 Å². The lowest BCUT2D eigenvalue weighted by Crippen LogP contribution is -2.34. The van der Waals surface area contributed by atoms with E-state index in [0.717, 1.165) is 4.57 Å². The van der Waals surface area contributed by atoms with E-state index in [1.54, 1.807) is 0 Å². The molecule has 3 aromatic rings. The highest BCUT2D eigenvalue weighted by molar-refractivity contribution is 6.29. The average Bonchev–Trinajstić information content (AvgIpc) is 2.94. The van der Waals surface area contributed by atoms with Crippen LogP contribution >= 0.6 is 11.6 Å². The maximum absolute atomic E-state index is 12.6. The molecular weight excluding hydrogens is 324 g/mol. The summed E-state index contributed by atoms with van der Waals surface area (Å²) in [5.74, 6) is 0.139. The number of aromatic nitrogens is 5. The van der Waals surface area contributed by atoms with Gasteiger partial charge in [0.25, 0.3) is 5.56 Å². The molecule has 3 heterocycles. The molecule has 0 amide bonds. The Hall–Kier alpha value is -2.65. The fourth-order valence-electron chi connectivity index (χ4n) is 2.34. The maximum atomic E-state index is 12.6. The van der Waals surface area contributed by atoms with Crippen LogP contribution in [0.2, 0.25) is 5.15 Å². The van der Waals surface area contributed by atoms with Gasteiger partial charge >= 0.3 is 5.69 Å². The Kier molecular flexibility index (Phi) is 3.89. The minimum Gasteiger partial charge on any atom is -0.384 e. The lowest BCUT2D eigenvalue weighted by molar-refractivity contribution is 0.202. The summed E-state index contributed by atoms with van der Waals surface area (Å²) in [6.45, 7) is 0.347. The largest absolute Gasteiger partial charge is 0.384 e. The highest BCUT2D eigenvalue weighted by atomic mass is 35.5. The van der Waals surface area contributed by atoms with Gasteiger partial charge in [0, 0.05) is 25.2 Å². The summed E-state index contributed by atoms with van der Waals surface area (Å²) in [6, 6.07) is 1.42. The van der Waals surface area contributed by atoms with Crippen LogP contribution in [0.15, 0.2) is 22.0 Å². The number of aromatic amines is 2. The quantitative estimate of drug-likeness (QED) is 0.584. The lowest BCUT2D eigenvalue weighted by atomic mass is 10.1. The van der Waals surface area contributed by atoms with Gasteiger partial charge in [-0.1, -0.05) is 11.6 Å². The molecule has 10 heteroatoms. The van der Waals surface area contributed by atoms with Crippen LogP contribution in [0.25, 0.3) is 16.9 Å². The van der Waals surface area contributed by atoms with Crippen molar-refractivity contribution in [1.82, 2.24) is 24.5 Å². The van der Waals surface area contributed by atoms with Gasteiger partial charge in [-0.3, -0.25) is 9.78 Å². The van der Waals surface area contributed by atoms with Crippen molar-refractivity contribution in [2.45, 2.75) is 6.42 Å². The Labute approximate surface area is 134 Å². The zero-order valence-electron chi connectivity index (χ0n) is 12.1. The van der Waals surface area contributed by atoms with Crippen molar-refractivity contribution in [3.63, 3.8) is 0 Å². The third kappa shape index (κ3) is 2.60. The number of rotatable bonds is 4. The highest BCUT2D eigenvalue weighted by Gasteiger charge is 2.17. The van der Waals surface area contributed by atoms with Crippen LogP contribution in [0.1, 0.15) is 5.56 Å². The number of pyridine rings is 1. The molecule has 3 rings (SSSR count). The number of hydrogen-bond donors (Lipinski definition) is 3. The van der Waals surface area contributed by atoms with E-state index in [0.29, 0.717) is 18.6 Å². The Balaban J connectivity index is 2.34. The Bertz CT molecular complexity index is 990. The monoisotopic (exact) mass is 336 g/mol. The third-order valence-electron chi connectivity index (χ3n) is 3.38. The molecular formula is C13H13ClN6O3. The standard InChI is InChI=1S/C13H13ClN6O3/c1-23-3-2-6-7(4-8(14)18-10(6)15)20-12(21)9-11(17-5-16-9)19-13(20)22/h4-5H,2-3H2,1H3,(H2,15,18)(H,16,17)(H,19,22). The van der Waals surface area contributed by atoms with Gasteiger partial charge in [0.1, 0.15) is 16.5 Å². The second-order valence-electron chi connectivity index (χ2n) is 4.77. The lowest BCUT2D eigenvalue weighted by Gasteiger charge is -2.13. The summed E-state index contributed by atoms with van der Waals surface area (Å²) in [4.78, 5) is 38.0. The van der Waals surface area contributed by atoms with Crippen molar-refractivity contribution in [3.8, 4) is 5.69 Å². The van der Waals surface area contributed by atoms with Gasteiger partial charge in [0.2, 0.25) is 0 Å². The fraction of sp³-hybridized carbons (Fsp3) is 0.231. The molecule has 0 spiro atoms. The first-order chi connectivity index (χ1) is 11.0. The molecule has 0 radical (unpaired) electrons. The summed E-state index contributed by atoms with van der Waals surface area (Å²) in [5.41, 5.74) is 5.82. The molecule has 9 nitrogen and oxygen atoms in total. The average molecular weight is 337 g/mol. The molecule has 4 N–H and O–H groups in total. The molecule has 0 aliphatic carbocycles. The van der Waals surface area contributed by atoms with Crippen LogP contribution in [0.4, 0.5) is 5.82 Å². The first-order valence-corrected chi connectivity index (χ1v) is 7.03. The van der Waals surface area contributed by atoms with Crippen LogP contribution < -0.4 is 17.0 Å². The predicted octanol–water partition coefficient (Wildman–Crippen LogP) is 0.222. The number of nitrogen functional groups attached to an aromatic ring is 1. The van der Waals surface area contributed by atoms with Gasteiger partial charge in [0.15, 0.2) is 5.65 Å². The second-order valence-corrected chi connectivity index (χ2v) is 5.15. The van der Waals surface area contributed by atoms with Crippen molar-refractivity contribution in [1.29, 1.82) is 0 Å². The summed E-state index contributed by atoms with van der Waals surface area (Å²) >= 11 is 5.94. The van der Waals surface area contributed by atoms with Gasteiger partial charge in [-0.2, -0.15) is 0 Å². The summed E-state index contributed by atoms with van der Waals surface area (Å²) in [6.07, 6.45) is 1.70. The van der Waals surface area contributed by atoms with Gasteiger partial charge < -0.3 is 15.5 Å². The number of imidazole rings is 1. The Morgan fingerprint density at radius 1 is 1.43 bits per heavy atom. The van der Waals surface area contributed by atoms with E-state index in [9.17, 15) is 9.59 Å². The van der Waals surface area contributed by atoms with Gasteiger partial charge in [-0.25, -0.2) is 19.3 Å². The van der Waals surface area contributed by atoms with E-state index in [2.05, 4.69) is 19.9 Å². The molecule has 0 aliphatic heterocycles. The summed E-state index contributed by atoms with van der Waals surface area (Å²) in [5, 5.41) is 0.0784. The van der Waals surface area contributed by atoms with Crippen molar-refractivity contribution < 1.29 is 4.74 Å². The van der Waals surface area contributed by atoms with Gasteiger partial charge in [-0.15, -0.1) is 0 Å². The molecule has 0 aliphatic rings. The minimum absolute atomic E-state index is 0.0784. The Morgan fingerprint density at radius 3 is 2.96 bits per heavy atom. The van der Waals surface area contributed by atoms with Crippen molar-refractivity contribution >= 4 is 28.6 Å². The van der Waals surface area contributed by atoms with E-state index in [-0.39, 0.29) is 27.8 Å². The summed E-state index contributed by atoms with van der Waals surface area (Å²) in [7, 11) is 1.54. The van der Waals surface area contributed by atoms with Gasteiger partial charge in [0.05, 0.1) is 18.6 Å². The number of nitrogens with two attached hydrogens (primary N) is 1. The Morgan fingerprint density at radius 2 is 2.22 bits per heavy atom. The number of fused-ring (bicyclic) bond motifs is 1. The molecule has 0 fully saturated rings. The summed E-state index contributed by atoms with van der Waals surface area (Å²) < 4.78 is 5.99. The van der Waals surface area contributed by atoms with Crippen molar-refractivity contribution in [2.75, 3.05) is 19.5 Å². The topological polar surface area (TPSA) is 132 Å². The van der Waals surface area contributed by atoms with E-state index in [1.807, 2.05) is 0 Å². The van der Waals surface area contributed by atoms with Crippen molar-refractivity contribution in [2.24, 2.45) is 0 Å². The second kappa shape index (κ2) is 5.86. The number of nitrogens with one attached hydrogen (secondary N) is 2. The first-order valence-electron chi connectivity index (χ1n) is 6.65. The number of ether oxygens (including phenoxy) is 1. The van der Waals surface area contributed by atoms with Crippen LogP contribution in [-0.4, -0.2) is 38.2 Å². The number of methoxy groups -OCH3 is 1. The number of nitrogens with zero attached hydrogens (tertiary/aromatic N) is 3. The SMILES string of the molecule is COCCc1c(-n2c(=O)[nH]c3nc[nH]c3c2=O)cc(Cl)nc1N. The maximum Gasteiger partial charge on any atom is 0.334 e. The molecule has 0 bridgehead atoms. The zero-order chi connectivity index (χ0) is 16.6. The predicted molar refractivity (Wildman–Crippen MR) is 85.1 cm³/mol. The molecule has 23 heavy (non-hydrogen) atoms. The normalized spacial score (nSPS) is 11.2. The number of H-pyrrole nitrogens is 2. The van der Waals surface area contributed by atoms with Crippen molar-refractivity contribution in [3.05, 3.63) is 43.9 Å². The van der Waals surface area contributed by atoms with Crippen LogP contribution in [0, 0.1) is 0 Å². The molecule has 0 aromatic carbocycles. The van der Waals surface area contributed by atoms with Gasteiger partial charge in [-0.05, 0) is 0 Å². The van der Waals surface area contributed by atoms with Crippen LogP contribution in [-0.2, 0) is 11.2 Å². The first kappa shape index (κ1) is 15.3. The molecule has 120 valence electrons. The molecule has 0 unspecified atom stereocenters. The van der Waals surface area contributed by atoms with E-state index in [4.69, 9.17) is 22.1 Å². The molecule has 0 atom stereocenters. The number of halogens is 1. The van der Waals surface area contributed by atoms with Crippen LogP contribution in [0.3, 0.4) is 0 Å². The molecule has 0 saturated heterocycles. The zero-order valence-corrected chi connectivity index (χ0v) is 12.8. The minimum atomic E-state index is -0.644. The third-order valence-corrected chi connectivity index (χ3v) is 3.58. The number of anilines is 1. The molecule has 3 aromatic heterocycles. The smallest absolute Gasteiger partial charge is 0.334 e. The van der Waals surface area contributed by atoms with E-state index >= 15 is 0 Å². The number of hydrogen-bond acceptors (Lipinski definition) is 6. The highest BCUT2D eigenvalue weighted by Crippen LogP contribution is 2.22. The van der Waals surface area contributed by atoms with Crippen LogP contribution in [0.5, 0.6) is 0 Å². The molecule has 0 saturated carbocycles. The fourth-order valence-corrected chi connectivity index (χ4v) is 2.53. The van der Waals surface area contributed by atoms with E-state index < -0.39 is 11.2 Å².